The molecule has 0 aliphatic heterocycles. The summed E-state index contributed by atoms with van der Waals surface area (Å²) in [5.41, 5.74) is 5.58. The van der Waals surface area contributed by atoms with Gasteiger partial charge in [-0.1, -0.05) is 18.5 Å². The third-order valence-corrected chi connectivity index (χ3v) is 2.31. The van der Waals surface area contributed by atoms with Crippen molar-refractivity contribution in [2.24, 2.45) is 5.73 Å². The Labute approximate surface area is 98.6 Å². The Kier molecular flexibility index (Phi) is 4.15. The maximum absolute atomic E-state index is 11.0. The van der Waals surface area contributed by atoms with Crippen LogP contribution in [0, 0.1) is 11.3 Å². The van der Waals surface area contributed by atoms with Gasteiger partial charge in [-0.05, 0) is 24.6 Å². The number of hydrogen-bond donors (Lipinski definition) is 1. The first-order valence-corrected chi connectivity index (χ1v) is 5.12. The van der Waals surface area contributed by atoms with Crippen LogP contribution in [0.2, 0.25) is 5.02 Å². The smallest absolute Gasteiger partial charge is 0.258 e. The topological polar surface area (TPSA) is 76.1 Å². The van der Waals surface area contributed by atoms with E-state index in [0.29, 0.717) is 22.8 Å². The third-order valence-electron chi connectivity index (χ3n) is 2.02. The Morgan fingerprint density at radius 2 is 2.38 bits per heavy atom. The van der Waals surface area contributed by atoms with Crippen LogP contribution in [-0.4, -0.2) is 12.0 Å². The maximum atomic E-state index is 11.0. The molecule has 1 amide bonds. The van der Waals surface area contributed by atoms with E-state index in [0.717, 1.165) is 0 Å². The van der Waals surface area contributed by atoms with E-state index in [1.165, 1.54) is 6.07 Å². The summed E-state index contributed by atoms with van der Waals surface area (Å²) in [5.74, 6) is -0.186. The second-order valence-corrected chi connectivity index (χ2v) is 3.58. The summed E-state index contributed by atoms with van der Waals surface area (Å²) < 4.78 is 5.34. The fourth-order valence-corrected chi connectivity index (χ4v) is 1.39. The number of amides is 1. The van der Waals surface area contributed by atoms with Crippen molar-refractivity contribution in [3.63, 3.8) is 0 Å². The molecule has 5 heteroatoms. The molecule has 0 saturated carbocycles. The molecule has 0 heterocycles. The third kappa shape index (κ3) is 2.88. The molecule has 0 aliphatic rings. The van der Waals surface area contributed by atoms with Gasteiger partial charge in [-0.3, -0.25) is 4.79 Å². The molecule has 0 fully saturated rings. The number of halogens is 1. The lowest BCUT2D eigenvalue weighted by molar-refractivity contribution is -0.124. The molecular formula is C11H11ClN2O2. The van der Waals surface area contributed by atoms with E-state index in [1.54, 1.807) is 19.1 Å². The van der Waals surface area contributed by atoms with E-state index >= 15 is 0 Å². The number of carbonyl (C=O) groups is 1. The number of rotatable bonds is 4. The molecule has 0 spiro atoms. The van der Waals surface area contributed by atoms with Gasteiger partial charge in [0, 0.05) is 0 Å². The molecule has 1 rings (SSSR count). The largest absolute Gasteiger partial charge is 0.479 e. The van der Waals surface area contributed by atoms with Gasteiger partial charge in [-0.2, -0.15) is 5.26 Å². The minimum Gasteiger partial charge on any atom is -0.479 e. The molecule has 1 aromatic rings. The molecule has 84 valence electrons. The SMILES string of the molecule is CCC(Oc1ccc(C#N)cc1Cl)C(N)=O. The van der Waals surface area contributed by atoms with Crippen molar-refractivity contribution in [1.82, 2.24) is 0 Å². The zero-order valence-electron chi connectivity index (χ0n) is 8.74. The van der Waals surface area contributed by atoms with Crippen molar-refractivity contribution >= 4 is 17.5 Å². The Morgan fingerprint density at radius 1 is 1.69 bits per heavy atom. The van der Waals surface area contributed by atoms with Crippen LogP contribution in [-0.2, 0) is 4.79 Å². The first-order valence-electron chi connectivity index (χ1n) is 4.74. The Balaban J connectivity index is 2.90. The lowest BCUT2D eigenvalue weighted by Gasteiger charge is -2.14. The van der Waals surface area contributed by atoms with E-state index < -0.39 is 12.0 Å². The minimum atomic E-state index is -0.703. The quantitative estimate of drug-likeness (QED) is 0.870. The van der Waals surface area contributed by atoms with Crippen LogP contribution in [0.1, 0.15) is 18.9 Å². The number of benzene rings is 1. The highest BCUT2D eigenvalue weighted by Gasteiger charge is 2.16. The van der Waals surface area contributed by atoms with Crippen molar-refractivity contribution in [1.29, 1.82) is 5.26 Å². The van der Waals surface area contributed by atoms with Crippen molar-refractivity contribution < 1.29 is 9.53 Å². The van der Waals surface area contributed by atoms with Crippen molar-refractivity contribution in [3.05, 3.63) is 28.8 Å². The van der Waals surface area contributed by atoms with Crippen LogP contribution >= 0.6 is 11.6 Å². The van der Waals surface area contributed by atoms with Gasteiger partial charge in [-0.15, -0.1) is 0 Å². The molecule has 0 bridgehead atoms. The summed E-state index contributed by atoms with van der Waals surface area (Å²) in [4.78, 5) is 11.0. The van der Waals surface area contributed by atoms with Crippen LogP contribution in [0.5, 0.6) is 5.75 Å². The molecule has 0 aromatic heterocycles. The number of ether oxygens (including phenoxy) is 1. The van der Waals surface area contributed by atoms with Gasteiger partial charge in [0.1, 0.15) is 5.75 Å². The summed E-state index contributed by atoms with van der Waals surface area (Å²) in [5, 5.41) is 8.94. The lowest BCUT2D eigenvalue weighted by Crippen LogP contribution is -2.33. The average molecular weight is 239 g/mol. The van der Waals surface area contributed by atoms with Crippen LogP contribution < -0.4 is 10.5 Å². The second kappa shape index (κ2) is 5.38. The molecule has 0 aliphatic carbocycles. The summed E-state index contributed by atoms with van der Waals surface area (Å²) in [6.07, 6.45) is -0.239. The second-order valence-electron chi connectivity index (χ2n) is 3.17. The first kappa shape index (κ1) is 12.3. The molecule has 2 N–H and O–H groups in total. The van der Waals surface area contributed by atoms with Gasteiger partial charge < -0.3 is 10.5 Å². The van der Waals surface area contributed by atoms with Gasteiger partial charge in [0.05, 0.1) is 16.7 Å². The van der Waals surface area contributed by atoms with Crippen LogP contribution in [0.4, 0.5) is 0 Å². The van der Waals surface area contributed by atoms with E-state index in [4.69, 9.17) is 27.3 Å². The van der Waals surface area contributed by atoms with Gasteiger partial charge >= 0.3 is 0 Å². The summed E-state index contributed by atoms with van der Waals surface area (Å²) >= 11 is 5.89. The fourth-order valence-electron chi connectivity index (χ4n) is 1.16. The number of carbonyl (C=O) groups excluding carboxylic acids is 1. The highest BCUT2D eigenvalue weighted by molar-refractivity contribution is 6.32. The molecule has 0 radical (unpaired) electrons. The maximum Gasteiger partial charge on any atom is 0.258 e. The van der Waals surface area contributed by atoms with Crippen LogP contribution in [0.25, 0.3) is 0 Å². The van der Waals surface area contributed by atoms with Gasteiger partial charge in [0.15, 0.2) is 6.10 Å². The van der Waals surface area contributed by atoms with Crippen molar-refractivity contribution in [2.75, 3.05) is 0 Å². The van der Waals surface area contributed by atoms with Crippen LogP contribution in [0.15, 0.2) is 18.2 Å². The average Bonchev–Trinajstić information content (AvgIpc) is 2.26. The molecule has 4 nitrogen and oxygen atoms in total. The monoisotopic (exact) mass is 238 g/mol. The van der Waals surface area contributed by atoms with Crippen LogP contribution in [0.3, 0.4) is 0 Å². The van der Waals surface area contributed by atoms with E-state index in [-0.39, 0.29) is 0 Å². The lowest BCUT2D eigenvalue weighted by atomic mass is 10.2. The Bertz CT molecular complexity index is 440. The molecule has 1 atom stereocenters. The summed E-state index contributed by atoms with van der Waals surface area (Å²) in [7, 11) is 0. The van der Waals surface area contributed by atoms with Gasteiger partial charge in [0.25, 0.3) is 5.91 Å². The summed E-state index contributed by atoms with van der Waals surface area (Å²) in [6, 6.07) is 6.54. The van der Waals surface area contributed by atoms with E-state index in [1.807, 2.05) is 6.07 Å². The van der Waals surface area contributed by atoms with Crippen molar-refractivity contribution in [2.45, 2.75) is 19.4 Å². The zero-order valence-corrected chi connectivity index (χ0v) is 9.49. The Morgan fingerprint density at radius 3 is 2.81 bits per heavy atom. The standard InChI is InChI=1S/C11H11ClN2O2/c1-2-9(11(14)15)16-10-4-3-7(6-13)5-8(10)12/h3-5,9H,2H2,1H3,(H2,14,15). The minimum absolute atomic E-state index is 0.291. The van der Waals surface area contributed by atoms with Gasteiger partial charge in [-0.25, -0.2) is 0 Å². The number of nitrogens with zero attached hydrogens (tertiary/aromatic N) is 1. The predicted octanol–water partition coefficient (Wildman–Crippen LogP) is 1.85. The number of hydrogen-bond acceptors (Lipinski definition) is 3. The molecule has 1 unspecified atom stereocenters. The zero-order chi connectivity index (χ0) is 12.1. The molecule has 16 heavy (non-hydrogen) atoms. The van der Waals surface area contributed by atoms with Crippen molar-refractivity contribution in [3.8, 4) is 11.8 Å². The number of primary amides is 1. The predicted molar refractivity (Wildman–Crippen MR) is 60.1 cm³/mol. The highest BCUT2D eigenvalue weighted by atomic mass is 35.5. The van der Waals surface area contributed by atoms with Gasteiger partial charge in [0.2, 0.25) is 0 Å². The molecule has 0 saturated heterocycles. The number of nitriles is 1. The normalized spacial score (nSPS) is 11.6. The van der Waals surface area contributed by atoms with E-state index in [2.05, 4.69) is 0 Å². The molecule has 1 aromatic carbocycles. The molecular weight excluding hydrogens is 228 g/mol. The highest BCUT2D eigenvalue weighted by Crippen LogP contribution is 2.26. The van der Waals surface area contributed by atoms with E-state index in [9.17, 15) is 4.79 Å². The fraction of sp³-hybridized carbons (Fsp3) is 0.273. The Hall–Kier alpha value is -1.73. The number of nitrogens with two attached hydrogens (primary N) is 1. The first-order chi connectivity index (χ1) is 7.58. The summed E-state index contributed by atoms with van der Waals surface area (Å²) in [6.45, 7) is 1.78.